The topological polar surface area (TPSA) is 95.9 Å². The van der Waals surface area contributed by atoms with E-state index in [1.807, 2.05) is 0 Å². The monoisotopic (exact) mass is 944 g/mol. The first-order valence-electron chi connectivity index (χ1n) is 30.1. The van der Waals surface area contributed by atoms with Crippen LogP contribution in [-0.4, -0.2) is 47.4 Å². The van der Waals surface area contributed by atoms with Gasteiger partial charge in [-0.2, -0.15) is 0 Å². The molecular formula is C61H117NO5. The van der Waals surface area contributed by atoms with Crippen molar-refractivity contribution in [3.8, 4) is 0 Å². The van der Waals surface area contributed by atoms with E-state index in [0.29, 0.717) is 25.9 Å². The van der Waals surface area contributed by atoms with Crippen molar-refractivity contribution in [1.29, 1.82) is 0 Å². The van der Waals surface area contributed by atoms with Crippen LogP contribution in [0.2, 0.25) is 0 Å². The Labute approximate surface area is 418 Å². The van der Waals surface area contributed by atoms with Crippen molar-refractivity contribution in [2.24, 2.45) is 0 Å². The Morgan fingerprint density at radius 1 is 0.403 bits per heavy atom. The summed E-state index contributed by atoms with van der Waals surface area (Å²) < 4.78 is 5.44. The summed E-state index contributed by atoms with van der Waals surface area (Å²) >= 11 is 0. The summed E-state index contributed by atoms with van der Waals surface area (Å²) in [6, 6.07) is -0.564. The first-order chi connectivity index (χ1) is 33.0. The molecule has 6 heteroatoms. The molecule has 1 amide bonds. The van der Waals surface area contributed by atoms with Crippen LogP contribution in [0.5, 0.6) is 0 Å². The van der Waals surface area contributed by atoms with E-state index in [1.54, 1.807) is 0 Å². The van der Waals surface area contributed by atoms with Crippen molar-refractivity contribution in [3.63, 3.8) is 0 Å². The Hall–Kier alpha value is -1.66. The summed E-state index contributed by atoms with van der Waals surface area (Å²) in [5.41, 5.74) is 0. The average molecular weight is 945 g/mol. The van der Waals surface area contributed by atoms with Gasteiger partial charge in [0.1, 0.15) is 0 Å². The minimum absolute atomic E-state index is 0.0387. The molecule has 396 valence electrons. The fourth-order valence-corrected chi connectivity index (χ4v) is 9.34. The standard InChI is InChI=1S/C61H117NO5/c1-3-5-7-9-11-13-15-17-19-20-21-22-23-24-25-26-27-28-29-30-33-37-41-45-49-53-59(64)58(57-63)62-60(65)54-50-46-42-38-34-32-36-40-44-48-52-56-67-61(66)55-51-47-43-39-35-31-18-16-14-12-10-8-6-4-2/h16,18,36,40,58-59,63-64H,3-15,17,19-35,37-39,41-57H2,1-2H3,(H,62,65)/b18-16-,40-36-. The predicted octanol–water partition coefficient (Wildman–Crippen LogP) is 18.6. The van der Waals surface area contributed by atoms with Gasteiger partial charge < -0.3 is 20.3 Å². The van der Waals surface area contributed by atoms with Crippen LogP contribution in [-0.2, 0) is 14.3 Å². The van der Waals surface area contributed by atoms with Crippen LogP contribution in [0.15, 0.2) is 24.3 Å². The third-order valence-corrected chi connectivity index (χ3v) is 14.0. The lowest BCUT2D eigenvalue weighted by atomic mass is 10.0. The number of unbranched alkanes of at least 4 members (excludes halogenated alkanes) is 41. The van der Waals surface area contributed by atoms with Gasteiger partial charge in [-0.15, -0.1) is 0 Å². The number of hydrogen-bond donors (Lipinski definition) is 3. The molecule has 6 nitrogen and oxygen atoms in total. The van der Waals surface area contributed by atoms with Gasteiger partial charge in [0.05, 0.1) is 25.4 Å². The van der Waals surface area contributed by atoms with Gasteiger partial charge in [-0.25, -0.2) is 0 Å². The molecule has 0 aromatic carbocycles. The summed E-state index contributed by atoms with van der Waals surface area (Å²) in [5.74, 6) is -0.100. The van der Waals surface area contributed by atoms with Gasteiger partial charge in [0.25, 0.3) is 0 Å². The van der Waals surface area contributed by atoms with E-state index in [-0.39, 0.29) is 18.5 Å². The fraction of sp³-hybridized carbons (Fsp3) is 0.902. The highest BCUT2D eigenvalue weighted by atomic mass is 16.5. The van der Waals surface area contributed by atoms with Gasteiger partial charge in [0, 0.05) is 12.8 Å². The molecule has 67 heavy (non-hydrogen) atoms. The molecule has 0 spiro atoms. The summed E-state index contributed by atoms with van der Waals surface area (Å²) in [4.78, 5) is 24.5. The van der Waals surface area contributed by atoms with Gasteiger partial charge in [0.15, 0.2) is 0 Å². The van der Waals surface area contributed by atoms with Crippen LogP contribution in [0.1, 0.15) is 328 Å². The summed E-state index contributed by atoms with van der Waals surface area (Å²) in [7, 11) is 0. The maximum atomic E-state index is 12.5. The highest BCUT2D eigenvalue weighted by Crippen LogP contribution is 2.18. The van der Waals surface area contributed by atoms with Gasteiger partial charge in [-0.05, 0) is 77.0 Å². The van der Waals surface area contributed by atoms with Crippen molar-refractivity contribution in [1.82, 2.24) is 5.32 Å². The van der Waals surface area contributed by atoms with Crippen molar-refractivity contribution < 1.29 is 24.5 Å². The van der Waals surface area contributed by atoms with E-state index >= 15 is 0 Å². The van der Waals surface area contributed by atoms with Crippen LogP contribution < -0.4 is 5.32 Å². The first-order valence-corrected chi connectivity index (χ1v) is 30.1. The normalized spacial score (nSPS) is 12.7. The van der Waals surface area contributed by atoms with E-state index in [2.05, 4.69) is 43.5 Å². The van der Waals surface area contributed by atoms with E-state index < -0.39 is 12.1 Å². The first kappa shape index (κ1) is 65.3. The average Bonchev–Trinajstić information content (AvgIpc) is 3.33. The highest BCUT2D eigenvalue weighted by Gasteiger charge is 2.20. The lowest BCUT2D eigenvalue weighted by molar-refractivity contribution is -0.143. The van der Waals surface area contributed by atoms with Gasteiger partial charge in [-0.1, -0.05) is 263 Å². The number of hydrogen-bond acceptors (Lipinski definition) is 5. The number of esters is 1. The Balaban J connectivity index is 3.49. The van der Waals surface area contributed by atoms with Crippen molar-refractivity contribution in [2.45, 2.75) is 341 Å². The number of aliphatic hydroxyl groups is 2. The molecule has 0 fully saturated rings. The molecule has 0 saturated heterocycles. The van der Waals surface area contributed by atoms with E-state index in [4.69, 9.17) is 4.74 Å². The highest BCUT2D eigenvalue weighted by molar-refractivity contribution is 5.76. The van der Waals surface area contributed by atoms with Crippen LogP contribution in [0.4, 0.5) is 0 Å². The zero-order valence-electron chi connectivity index (χ0n) is 45.1. The van der Waals surface area contributed by atoms with E-state index in [0.717, 1.165) is 83.5 Å². The number of rotatable bonds is 56. The second-order valence-corrected chi connectivity index (χ2v) is 20.7. The lowest BCUT2D eigenvalue weighted by Gasteiger charge is -2.22. The molecule has 0 rings (SSSR count). The van der Waals surface area contributed by atoms with Crippen LogP contribution in [0.3, 0.4) is 0 Å². The molecule has 0 radical (unpaired) electrons. The molecule has 3 N–H and O–H groups in total. The third kappa shape index (κ3) is 53.5. The lowest BCUT2D eigenvalue weighted by Crippen LogP contribution is -2.45. The number of nitrogens with one attached hydrogen (secondary N) is 1. The van der Waals surface area contributed by atoms with Gasteiger partial charge >= 0.3 is 5.97 Å². The molecule has 0 saturated carbocycles. The van der Waals surface area contributed by atoms with Crippen molar-refractivity contribution in [2.75, 3.05) is 13.2 Å². The van der Waals surface area contributed by atoms with Crippen LogP contribution in [0.25, 0.3) is 0 Å². The second kappa shape index (κ2) is 56.9. The van der Waals surface area contributed by atoms with Gasteiger partial charge in [0.2, 0.25) is 5.91 Å². The SMILES string of the molecule is CCCCCCC/C=C\CCCCCCCC(=O)OCCCC/C=C\CCCCCCCC(=O)NC(CO)C(O)CCCCCCCCCCCCCCCCCCCCCCCCCCC. The fourth-order valence-electron chi connectivity index (χ4n) is 9.34. The molecule has 0 aliphatic rings. The number of carbonyl (C=O) groups excluding carboxylic acids is 2. The maximum Gasteiger partial charge on any atom is 0.305 e. The van der Waals surface area contributed by atoms with E-state index in [9.17, 15) is 19.8 Å². The maximum absolute atomic E-state index is 12.5. The largest absolute Gasteiger partial charge is 0.466 e. The van der Waals surface area contributed by atoms with Crippen molar-refractivity contribution in [3.05, 3.63) is 24.3 Å². The number of allylic oxidation sites excluding steroid dienone is 4. The number of ether oxygens (including phenoxy) is 1. The Kier molecular flexibility index (Phi) is 55.5. The van der Waals surface area contributed by atoms with Crippen molar-refractivity contribution >= 4 is 11.9 Å². The molecular weight excluding hydrogens is 827 g/mol. The smallest absolute Gasteiger partial charge is 0.305 e. The summed E-state index contributed by atoms with van der Waals surface area (Å²) in [6.07, 6.45) is 69.0. The minimum Gasteiger partial charge on any atom is -0.466 e. The summed E-state index contributed by atoms with van der Waals surface area (Å²) in [6.45, 7) is 4.88. The summed E-state index contributed by atoms with van der Waals surface area (Å²) in [5, 5.41) is 23.3. The van der Waals surface area contributed by atoms with Crippen LogP contribution in [0, 0.1) is 0 Å². The predicted molar refractivity (Wildman–Crippen MR) is 292 cm³/mol. The molecule has 0 heterocycles. The zero-order chi connectivity index (χ0) is 48.6. The quantitative estimate of drug-likeness (QED) is 0.0321. The number of carbonyl (C=O) groups is 2. The molecule has 2 atom stereocenters. The molecule has 0 aliphatic carbocycles. The Morgan fingerprint density at radius 3 is 1.06 bits per heavy atom. The molecule has 0 bridgehead atoms. The molecule has 2 unspecified atom stereocenters. The Morgan fingerprint density at radius 2 is 0.701 bits per heavy atom. The molecule has 0 aromatic rings. The van der Waals surface area contributed by atoms with E-state index in [1.165, 1.54) is 212 Å². The van der Waals surface area contributed by atoms with Gasteiger partial charge in [-0.3, -0.25) is 9.59 Å². The zero-order valence-corrected chi connectivity index (χ0v) is 45.1. The molecule has 0 aromatic heterocycles. The minimum atomic E-state index is -0.684. The second-order valence-electron chi connectivity index (χ2n) is 20.7. The number of amides is 1. The molecule has 0 aliphatic heterocycles. The Bertz CT molecular complexity index is 1040. The van der Waals surface area contributed by atoms with Crippen LogP contribution >= 0.6 is 0 Å². The third-order valence-electron chi connectivity index (χ3n) is 14.0. The number of aliphatic hydroxyl groups excluding tert-OH is 2.